The Bertz CT molecular complexity index is 631. The zero-order chi connectivity index (χ0) is 14.5. The molecule has 0 saturated carbocycles. The molecule has 0 fully saturated rings. The molecule has 0 bridgehead atoms. The largest absolute Gasteiger partial charge is 0.481 e. The second kappa shape index (κ2) is 6.05. The van der Waals surface area contributed by atoms with Crippen LogP contribution in [-0.2, 0) is 4.79 Å². The molecular formula is C13H17N5O2. The summed E-state index contributed by atoms with van der Waals surface area (Å²) < 4.78 is 0. The van der Waals surface area contributed by atoms with Gasteiger partial charge in [-0.2, -0.15) is 0 Å². The maximum absolute atomic E-state index is 9.00. The summed E-state index contributed by atoms with van der Waals surface area (Å²) >= 11 is 0. The van der Waals surface area contributed by atoms with Gasteiger partial charge in [-0.3, -0.25) is 20.2 Å². The van der Waals surface area contributed by atoms with Gasteiger partial charge in [-0.1, -0.05) is 0 Å². The normalized spacial score (nSPS) is 13.2. The summed E-state index contributed by atoms with van der Waals surface area (Å²) in [4.78, 5) is 20.6. The third-order valence-electron chi connectivity index (χ3n) is 2.80. The number of aromatic nitrogens is 2. The Morgan fingerprint density at radius 2 is 2.25 bits per heavy atom. The highest BCUT2D eigenvalue weighted by Crippen LogP contribution is 2.23. The molecule has 0 unspecified atom stereocenters. The molecule has 3 N–H and O–H groups in total. The van der Waals surface area contributed by atoms with E-state index in [1.165, 1.54) is 0 Å². The standard InChI is InChI=1S/C11H13N5.C2H4O2/c1-8-9(15-16-5-4-12-7-16)2-3-10-11(8)14-6-13-10;1-2(3)4/h2-3,6-7,15H,4-5H2,1H3,(H,13,14);1H3,(H,3,4). The molecule has 20 heavy (non-hydrogen) atoms. The van der Waals surface area contributed by atoms with E-state index in [1.54, 1.807) is 6.33 Å². The van der Waals surface area contributed by atoms with Gasteiger partial charge in [-0.05, 0) is 19.1 Å². The number of hydrazine groups is 1. The highest BCUT2D eigenvalue weighted by Gasteiger charge is 2.09. The van der Waals surface area contributed by atoms with Crippen LogP contribution in [0.4, 0.5) is 5.69 Å². The molecular weight excluding hydrogens is 258 g/mol. The molecule has 1 aromatic carbocycles. The van der Waals surface area contributed by atoms with E-state index in [9.17, 15) is 0 Å². The van der Waals surface area contributed by atoms with Gasteiger partial charge in [0.25, 0.3) is 5.97 Å². The van der Waals surface area contributed by atoms with Gasteiger partial charge in [0.2, 0.25) is 0 Å². The minimum Gasteiger partial charge on any atom is -0.481 e. The molecule has 2 aromatic rings. The van der Waals surface area contributed by atoms with Gasteiger partial charge in [0, 0.05) is 12.5 Å². The molecule has 106 valence electrons. The van der Waals surface area contributed by atoms with Gasteiger partial charge in [0.1, 0.15) is 6.34 Å². The third-order valence-corrected chi connectivity index (χ3v) is 2.80. The number of anilines is 1. The Labute approximate surface area is 116 Å². The molecule has 0 radical (unpaired) electrons. The molecule has 0 aliphatic carbocycles. The molecule has 1 aliphatic heterocycles. The first-order chi connectivity index (χ1) is 9.58. The Morgan fingerprint density at radius 3 is 2.90 bits per heavy atom. The van der Waals surface area contributed by atoms with Crippen LogP contribution in [0.25, 0.3) is 11.0 Å². The predicted molar refractivity (Wildman–Crippen MR) is 77.8 cm³/mol. The van der Waals surface area contributed by atoms with Crippen LogP contribution in [0.15, 0.2) is 23.5 Å². The lowest BCUT2D eigenvalue weighted by Crippen LogP contribution is -2.26. The van der Waals surface area contributed by atoms with Crippen LogP contribution >= 0.6 is 0 Å². The first-order valence-corrected chi connectivity index (χ1v) is 6.23. The van der Waals surface area contributed by atoms with Crippen molar-refractivity contribution >= 4 is 29.0 Å². The van der Waals surface area contributed by atoms with Crippen LogP contribution < -0.4 is 5.43 Å². The first-order valence-electron chi connectivity index (χ1n) is 6.23. The number of aliphatic imine (C=N–C) groups is 1. The van der Waals surface area contributed by atoms with Crippen molar-refractivity contribution in [2.75, 3.05) is 18.5 Å². The van der Waals surface area contributed by atoms with Gasteiger partial charge < -0.3 is 10.1 Å². The smallest absolute Gasteiger partial charge is 0.300 e. The number of carboxylic acids is 1. The number of imidazole rings is 1. The lowest BCUT2D eigenvalue weighted by Gasteiger charge is -2.18. The second-order valence-corrected chi connectivity index (χ2v) is 4.38. The number of nitrogens with one attached hydrogen (secondary N) is 2. The maximum atomic E-state index is 9.00. The summed E-state index contributed by atoms with van der Waals surface area (Å²) in [6, 6.07) is 4.09. The second-order valence-electron chi connectivity index (χ2n) is 4.38. The number of rotatable bonds is 2. The first kappa shape index (κ1) is 13.9. The Balaban J connectivity index is 0.000000328. The Hall–Kier alpha value is -2.57. The van der Waals surface area contributed by atoms with Crippen molar-refractivity contribution in [1.29, 1.82) is 0 Å². The SMILES string of the molecule is CC(=O)O.Cc1c(NN2C=NCC2)ccc2[nH]cnc12. The summed E-state index contributed by atoms with van der Waals surface area (Å²) in [6.07, 6.45) is 3.55. The van der Waals surface area contributed by atoms with E-state index in [0.29, 0.717) is 0 Å². The zero-order valence-corrected chi connectivity index (χ0v) is 11.4. The fourth-order valence-corrected chi connectivity index (χ4v) is 1.89. The van der Waals surface area contributed by atoms with E-state index in [2.05, 4.69) is 33.4 Å². The number of H-pyrrole nitrogens is 1. The van der Waals surface area contributed by atoms with E-state index in [4.69, 9.17) is 9.90 Å². The number of aromatic amines is 1. The van der Waals surface area contributed by atoms with Crippen molar-refractivity contribution < 1.29 is 9.90 Å². The Morgan fingerprint density at radius 1 is 1.50 bits per heavy atom. The number of hydrogen-bond donors (Lipinski definition) is 3. The molecule has 0 spiro atoms. The topological polar surface area (TPSA) is 93.6 Å². The highest BCUT2D eigenvalue weighted by atomic mass is 16.4. The number of aliphatic carboxylic acids is 1. The Kier molecular flexibility index (Phi) is 4.19. The number of benzene rings is 1. The van der Waals surface area contributed by atoms with Gasteiger partial charge in [-0.25, -0.2) is 4.98 Å². The minimum absolute atomic E-state index is 0.833. The monoisotopic (exact) mass is 275 g/mol. The quantitative estimate of drug-likeness (QED) is 0.774. The number of fused-ring (bicyclic) bond motifs is 1. The van der Waals surface area contributed by atoms with E-state index in [0.717, 1.165) is 42.3 Å². The molecule has 0 amide bonds. The van der Waals surface area contributed by atoms with Crippen LogP contribution in [-0.4, -0.2) is 45.5 Å². The molecule has 1 aliphatic rings. The van der Waals surface area contributed by atoms with E-state index in [1.807, 2.05) is 17.4 Å². The summed E-state index contributed by atoms with van der Waals surface area (Å²) in [5.41, 5.74) is 7.63. The predicted octanol–water partition coefficient (Wildman–Crippen LogP) is 1.63. The van der Waals surface area contributed by atoms with Gasteiger partial charge in [0.15, 0.2) is 0 Å². The van der Waals surface area contributed by atoms with E-state index < -0.39 is 5.97 Å². The van der Waals surface area contributed by atoms with Crippen LogP contribution in [0.2, 0.25) is 0 Å². The van der Waals surface area contributed by atoms with Crippen LogP contribution in [0.5, 0.6) is 0 Å². The molecule has 1 aromatic heterocycles. The zero-order valence-electron chi connectivity index (χ0n) is 11.4. The minimum atomic E-state index is -0.833. The number of carboxylic acid groups (broad SMARTS) is 1. The highest BCUT2D eigenvalue weighted by molar-refractivity contribution is 5.84. The van der Waals surface area contributed by atoms with Crippen molar-refractivity contribution in [1.82, 2.24) is 15.0 Å². The molecule has 0 saturated heterocycles. The van der Waals surface area contributed by atoms with Crippen LogP contribution in [0.1, 0.15) is 12.5 Å². The fraction of sp³-hybridized carbons (Fsp3) is 0.308. The summed E-state index contributed by atoms with van der Waals surface area (Å²) in [7, 11) is 0. The molecule has 7 nitrogen and oxygen atoms in total. The summed E-state index contributed by atoms with van der Waals surface area (Å²) in [6.45, 7) is 4.92. The van der Waals surface area contributed by atoms with Crippen molar-refractivity contribution in [3.8, 4) is 0 Å². The average molecular weight is 275 g/mol. The fourth-order valence-electron chi connectivity index (χ4n) is 1.89. The van der Waals surface area contributed by atoms with Gasteiger partial charge in [0.05, 0.1) is 36.1 Å². The van der Waals surface area contributed by atoms with E-state index >= 15 is 0 Å². The molecule has 2 heterocycles. The molecule has 0 atom stereocenters. The number of hydrogen-bond acceptors (Lipinski definition) is 5. The van der Waals surface area contributed by atoms with Crippen molar-refractivity contribution in [3.63, 3.8) is 0 Å². The maximum Gasteiger partial charge on any atom is 0.300 e. The average Bonchev–Trinajstić information content (AvgIpc) is 3.03. The summed E-state index contributed by atoms with van der Waals surface area (Å²) in [5.74, 6) is -0.833. The van der Waals surface area contributed by atoms with Crippen LogP contribution in [0, 0.1) is 6.92 Å². The van der Waals surface area contributed by atoms with Gasteiger partial charge >= 0.3 is 0 Å². The number of aryl methyl sites for hydroxylation is 1. The van der Waals surface area contributed by atoms with Crippen molar-refractivity contribution in [2.45, 2.75) is 13.8 Å². The lowest BCUT2D eigenvalue weighted by molar-refractivity contribution is -0.134. The van der Waals surface area contributed by atoms with Gasteiger partial charge in [-0.15, -0.1) is 0 Å². The summed E-state index contributed by atoms with van der Waals surface area (Å²) in [5, 5.41) is 9.40. The van der Waals surface area contributed by atoms with Crippen LogP contribution in [0.3, 0.4) is 0 Å². The number of nitrogens with zero attached hydrogens (tertiary/aromatic N) is 3. The lowest BCUT2D eigenvalue weighted by atomic mass is 10.1. The van der Waals surface area contributed by atoms with E-state index in [-0.39, 0.29) is 0 Å². The van der Waals surface area contributed by atoms with Crippen molar-refractivity contribution in [2.24, 2.45) is 4.99 Å². The third kappa shape index (κ3) is 3.25. The van der Waals surface area contributed by atoms with Crippen molar-refractivity contribution in [3.05, 3.63) is 24.0 Å². The molecule has 7 heteroatoms. The molecule has 3 rings (SSSR count). The number of carbonyl (C=O) groups is 1.